The van der Waals surface area contributed by atoms with Crippen LogP contribution < -0.4 is 5.32 Å². The number of halogens is 4. The van der Waals surface area contributed by atoms with Gasteiger partial charge in [0.25, 0.3) is 0 Å². The largest absolute Gasteiger partial charge is 0.418 e. The fourth-order valence-corrected chi connectivity index (χ4v) is 2.60. The fraction of sp³-hybridized carbons (Fsp3) is 0.0526. The number of alkyl halides is 3. The van der Waals surface area contributed by atoms with Crippen molar-refractivity contribution in [3.8, 4) is 5.69 Å². The Bertz CT molecular complexity index is 982. The van der Waals surface area contributed by atoms with E-state index >= 15 is 0 Å². The summed E-state index contributed by atoms with van der Waals surface area (Å²) < 4.78 is 41.5. The SMILES string of the molecule is O=C(/C=C/c1cccc(Cl)c1)Nc1ccc(-n2cccn2)cc1C(F)(F)F. The van der Waals surface area contributed by atoms with Crippen LogP contribution in [0, 0.1) is 0 Å². The monoisotopic (exact) mass is 391 g/mol. The van der Waals surface area contributed by atoms with Gasteiger partial charge < -0.3 is 5.32 Å². The van der Waals surface area contributed by atoms with Crippen LogP contribution >= 0.6 is 11.6 Å². The molecule has 27 heavy (non-hydrogen) atoms. The highest BCUT2D eigenvalue weighted by molar-refractivity contribution is 6.30. The minimum atomic E-state index is -4.64. The minimum Gasteiger partial charge on any atom is -0.322 e. The lowest BCUT2D eigenvalue weighted by Crippen LogP contribution is -2.15. The van der Waals surface area contributed by atoms with E-state index in [0.29, 0.717) is 10.6 Å². The van der Waals surface area contributed by atoms with E-state index < -0.39 is 17.6 Å². The van der Waals surface area contributed by atoms with Crippen LogP contribution in [0.25, 0.3) is 11.8 Å². The first-order chi connectivity index (χ1) is 12.8. The van der Waals surface area contributed by atoms with E-state index in [4.69, 9.17) is 11.6 Å². The van der Waals surface area contributed by atoms with E-state index in [1.165, 1.54) is 35.3 Å². The third kappa shape index (κ3) is 4.77. The molecule has 2 aromatic carbocycles. The van der Waals surface area contributed by atoms with Crippen LogP contribution in [0.2, 0.25) is 5.02 Å². The molecule has 3 aromatic rings. The van der Waals surface area contributed by atoms with Gasteiger partial charge in [0.2, 0.25) is 5.91 Å². The topological polar surface area (TPSA) is 46.9 Å². The summed E-state index contributed by atoms with van der Waals surface area (Å²) in [5.41, 5.74) is -0.401. The van der Waals surface area contributed by atoms with Gasteiger partial charge in [0.15, 0.2) is 0 Å². The number of benzene rings is 2. The van der Waals surface area contributed by atoms with Gasteiger partial charge in [-0.2, -0.15) is 18.3 Å². The molecule has 0 unspecified atom stereocenters. The third-order valence-corrected chi connectivity index (χ3v) is 3.85. The van der Waals surface area contributed by atoms with Gasteiger partial charge in [-0.25, -0.2) is 4.68 Å². The first-order valence-electron chi connectivity index (χ1n) is 7.79. The van der Waals surface area contributed by atoms with Gasteiger partial charge in [-0.3, -0.25) is 4.79 Å². The zero-order valence-corrected chi connectivity index (χ0v) is 14.5. The van der Waals surface area contributed by atoms with E-state index in [2.05, 4.69) is 10.4 Å². The molecule has 1 amide bonds. The first kappa shape index (κ1) is 18.7. The zero-order valence-electron chi connectivity index (χ0n) is 13.7. The molecule has 0 bridgehead atoms. The van der Waals surface area contributed by atoms with Crippen LogP contribution in [0.1, 0.15) is 11.1 Å². The Hall–Kier alpha value is -3.06. The second kappa shape index (κ2) is 7.67. The molecule has 1 N–H and O–H groups in total. The van der Waals surface area contributed by atoms with Crippen molar-refractivity contribution in [3.05, 3.63) is 83.2 Å². The molecule has 0 radical (unpaired) electrons. The Balaban J connectivity index is 1.84. The predicted molar refractivity (Wildman–Crippen MR) is 97.7 cm³/mol. The van der Waals surface area contributed by atoms with Crippen molar-refractivity contribution in [2.24, 2.45) is 0 Å². The summed E-state index contributed by atoms with van der Waals surface area (Å²) in [5.74, 6) is -0.688. The molecule has 138 valence electrons. The van der Waals surface area contributed by atoms with Crippen molar-refractivity contribution in [1.29, 1.82) is 0 Å². The molecule has 0 atom stereocenters. The maximum Gasteiger partial charge on any atom is 0.418 e. The molecule has 0 saturated carbocycles. The number of nitrogens with one attached hydrogen (secondary N) is 1. The molecule has 0 spiro atoms. The number of hydrogen-bond acceptors (Lipinski definition) is 2. The number of carbonyl (C=O) groups excluding carboxylic acids is 1. The van der Waals surface area contributed by atoms with Gasteiger partial charge >= 0.3 is 6.18 Å². The summed E-state index contributed by atoms with van der Waals surface area (Å²) in [6.45, 7) is 0. The highest BCUT2D eigenvalue weighted by Crippen LogP contribution is 2.36. The van der Waals surface area contributed by atoms with Gasteiger partial charge in [-0.05, 0) is 48.0 Å². The number of hydrogen-bond donors (Lipinski definition) is 1. The molecule has 0 aliphatic carbocycles. The number of amides is 1. The summed E-state index contributed by atoms with van der Waals surface area (Å²) in [6.07, 6.45) is 0.966. The van der Waals surface area contributed by atoms with Gasteiger partial charge in [0.05, 0.1) is 16.9 Å². The van der Waals surface area contributed by atoms with Crippen LogP contribution in [0.5, 0.6) is 0 Å². The zero-order chi connectivity index (χ0) is 19.4. The van der Waals surface area contributed by atoms with Crippen molar-refractivity contribution >= 4 is 29.3 Å². The van der Waals surface area contributed by atoms with E-state index in [-0.39, 0.29) is 11.4 Å². The van der Waals surface area contributed by atoms with E-state index in [9.17, 15) is 18.0 Å². The van der Waals surface area contributed by atoms with Crippen molar-refractivity contribution in [2.45, 2.75) is 6.18 Å². The normalized spacial score (nSPS) is 11.7. The molecule has 0 fully saturated rings. The molecule has 1 aromatic heterocycles. The Morgan fingerprint density at radius 3 is 2.63 bits per heavy atom. The summed E-state index contributed by atoms with van der Waals surface area (Å²) >= 11 is 5.85. The van der Waals surface area contributed by atoms with Crippen LogP contribution in [-0.2, 0) is 11.0 Å². The third-order valence-electron chi connectivity index (χ3n) is 3.61. The van der Waals surface area contributed by atoms with Gasteiger partial charge in [-0.15, -0.1) is 0 Å². The molecule has 3 rings (SSSR count). The van der Waals surface area contributed by atoms with Gasteiger partial charge in [0, 0.05) is 23.5 Å². The summed E-state index contributed by atoms with van der Waals surface area (Å²) in [4.78, 5) is 12.0. The second-order valence-electron chi connectivity index (χ2n) is 5.56. The van der Waals surface area contributed by atoms with Crippen molar-refractivity contribution in [3.63, 3.8) is 0 Å². The summed E-state index contributed by atoms with van der Waals surface area (Å²) in [7, 11) is 0. The van der Waals surface area contributed by atoms with Crippen LogP contribution in [0.3, 0.4) is 0 Å². The van der Waals surface area contributed by atoms with Gasteiger partial charge in [-0.1, -0.05) is 23.7 Å². The molecule has 0 aliphatic heterocycles. The van der Waals surface area contributed by atoms with E-state index in [1.807, 2.05) is 0 Å². The fourth-order valence-electron chi connectivity index (χ4n) is 2.40. The molecular weight excluding hydrogens is 379 g/mol. The maximum absolute atomic E-state index is 13.4. The Kier molecular flexibility index (Phi) is 5.32. The molecule has 1 heterocycles. The van der Waals surface area contributed by atoms with Crippen LogP contribution in [0.15, 0.2) is 67.0 Å². The number of carbonyl (C=O) groups is 1. The summed E-state index contributed by atoms with van der Waals surface area (Å²) in [5, 5.41) is 6.67. The number of anilines is 1. The first-order valence-corrected chi connectivity index (χ1v) is 8.16. The smallest absolute Gasteiger partial charge is 0.322 e. The predicted octanol–water partition coefficient (Wildman–Crippen LogP) is 5.20. The van der Waals surface area contributed by atoms with E-state index in [1.54, 1.807) is 30.3 Å². The van der Waals surface area contributed by atoms with Gasteiger partial charge in [0.1, 0.15) is 0 Å². The lowest BCUT2D eigenvalue weighted by Gasteiger charge is -2.14. The summed E-state index contributed by atoms with van der Waals surface area (Å²) in [6, 6.07) is 11.9. The maximum atomic E-state index is 13.4. The molecule has 0 saturated heterocycles. The van der Waals surface area contributed by atoms with Crippen LogP contribution in [-0.4, -0.2) is 15.7 Å². The van der Waals surface area contributed by atoms with E-state index in [0.717, 1.165) is 12.1 Å². The Morgan fingerprint density at radius 2 is 1.96 bits per heavy atom. The minimum absolute atomic E-state index is 0.236. The lowest BCUT2D eigenvalue weighted by molar-refractivity contribution is -0.137. The quantitative estimate of drug-likeness (QED) is 0.622. The molecular formula is C19H13ClF3N3O. The standard InChI is InChI=1S/C19H13ClF3N3O/c20-14-4-1-3-13(11-14)5-8-18(27)25-17-7-6-15(26-10-2-9-24-26)12-16(17)19(21,22)23/h1-12H,(H,25,27)/b8-5+. The Morgan fingerprint density at radius 1 is 1.15 bits per heavy atom. The lowest BCUT2D eigenvalue weighted by atomic mass is 10.1. The molecule has 0 aliphatic rings. The second-order valence-corrected chi connectivity index (χ2v) is 5.99. The molecule has 4 nitrogen and oxygen atoms in total. The Labute approximate surface area is 157 Å². The van der Waals surface area contributed by atoms with Crippen molar-refractivity contribution < 1.29 is 18.0 Å². The van der Waals surface area contributed by atoms with Crippen LogP contribution in [0.4, 0.5) is 18.9 Å². The average Bonchev–Trinajstić information content (AvgIpc) is 3.14. The molecule has 8 heteroatoms. The highest BCUT2D eigenvalue weighted by atomic mass is 35.5. The van der Waals surface area contributed by atoms with Crippen molar-refractivity contribution in [2.75, 3.05) is 5.32 Å². The van der Waals surface area contributed by atoms with Crippen molar-refractivity contribution in [1.82, 2.24) is 9.78 Å². The average molecular weight is 392 g/mol. The number of aromatic nitrogens is 2. The number of rotatable bonds is 4. The highest BCUT2D eigenvalue weighted by Gasteiger charge is 2.34. The number of nitrogens with zero attached hydrogens (tertiary/aromatic N) is 2.